The first-order chi connectivity index (χ1) is 10.2. The summed E-state index contributed by atoms with van der Waals surface area (Å²) < 4.78 is 0. The van der Waals surface area contributed by atoms with Crippen molar-refractivity contribution in [3.63, 3.8) is 0 Å². The van der Waals surface area contributed by atoms with Crippen molar-refractivity contribution in [2.75, 3.05) is 44.2 Å². The van der Waals surface area contributed by atoms with Crippen LogP contribution in [0.4, 0.5) is 5.69 Å². The maximum Gasteiger partial charge on any atom is 0.227 e. The van der Waals surface area contributed by atoms with E-state index in [2.05, 4.69) is 17.1 Å². The van der Waals surface area contributed by atoms with Gasteiger partial charge in [-0.2, -0.15) is 0 Å². The normalized spacial score (nSPS) is 26.2. The van der Waals surface area contributed by atoms with Gasteiger partial charge < -0.3 is 15.1 Å². The number of anilines is 1. The maximum absolute atomic E-state index is 12.6. The molecule has 0 bridgehead atoms. The van der Waals surface area contributed by atoms with E-state index in [0.717, 1.165) is 50.0 Å². The first kappa shape index (κ1) is 14.7. The third-order valence-electron chi connectivity index (χ3n) is 4.62. The number of halogens is 1. The first-order valence-corrected chi connectivity index (χ1v) is 8.03. The van der Waals surface area contributed by atoms with E-state index < -0.39 is 0 Å². The number of carbonyl (C=O) groups excluding carboxylic acids is 1. The number of benzene rings is 1. The predicted molar refractivity (Wildman–Crippen MR) is 85.8 cm³/mol. The van der Waals surface area contributed by atoms with Crippen LogP contribution in [0.3, 0.4) is 0 Å². The molecule has 2 aliphatic heterocycles. The Bertz CT molecular complexity index is 514. The quantitative estimate of drug-likeness (QED) is 0.906. The van der Waals surface area contributed by atoms with Crippen LogP contribution >= 0.6 is 11.6 Å². The van der Waals surface area contributed by atoms with E-state index in [-0.39, 0.29) is 5.92 Å². The molecule has 0 radical (unpaired) electrons. The number of hydrogen-bond acceptors (Lipinski definition) is 3. The molecule has 1 aromatic carbocycles. The minimum Gasteiger partial charge on any atom is -0.367 e. The van der Waals surface area contributed by atoms with E-state index in [1.807, 2.05) is 29.2 Å². The fraction of sp³-hybridized carbons (Fsp3) is 0.562. The molecule has 3 rings (SSSR count). The lowest BCUT2D eigenvalue weighted by Crippen LogP contribution is -2.51. The van der Waals surface area contributed by atoms with Crippen LogP contribution in [0.2, 0.25) is 5.02 Å². The number of hydrogen-bond donors (Lipinski definition) is 1. The number of para-hydroxylation sites is 1. The molecule has 2 unspecified atom stereocenters. The average molecular weight is 308 g/mol. The number of nitrogens with one attached hydrogen (secondary N) is 1. The molecule has 2 heterocycles. The molecule has 0 spiro atoms. The lowest BCUT2D eigenvalue weighted by molar-refractivity contribution is -0.136. The van der Waals surface area contributed by atoms with Crippen LogP contribution in [0, 0.1) is 11.8 Å². The second kappa shape index (κ2) is 6.24. The van der Waals surface area contributed by atoms with Crippen LogP contribution < -0.4 is 10.2 Å². The maximum atomic E-state index is 12.6. The zero-order chi connectivity index (χ0) is 14.8. The van der Waals surface area contributed by atoms with E-state index >= 15 is 0 Å². The van der Waals surface area contributed by atoms with Gasteiger partial charge in [-0.25, -0.2) is 0 Å². The van der Waals surface area contributed by atoms with Crippen LogP contribution in [0.5, 0.6) is 0 Å². The van der Waals surface area contributed by atoms with Crippen LogP contribution in [0.15, 0.2) is 24.3 Å². The molecule has 2 fully saturated rings. The van der Waals surface area contributed by atoms with Gasteiger partial charge in [0.25, 0.3) is 0 Å². The highest BCUT2D eigenvalue weighted by Crippen LogP contribution is 2.27. The van der Waals surface area contributed by atoms with Gasteiger partial charge in [0, 0.05) is 32.7 Å². The summed E-state index contributed by atoms with van der Waals surface area (Å²) in [5.74, 6) is 0.905. The highest BCUT2D eigenvalue weighted by Gasteiger charge is 2.34. The van der Waals surface area contributed by atoms with Crippen LogP contribution in [0.25, 0.3) is 0 Å². The summed E-state index contributed by atoms with van der Waals surface area (Å²) in [7, 11) is 0. The fourth-order valence-electron chi connectivity index (χ4n) is 3.25. The van der Waals surface area contributed by atoms with Gasteiger partial charge in [0.15, 0.2) is 0 Å². The standard InChI is InChI=1S/C16H22ClN3O/c1-12-10-18-11-13(12)16(21)20-8-6-19(7-9-20)15-5-3-2-4-14(15)17/h2-5,12-13,18H,6-11H2,1H3. The summed E-state index contributed by atoms with van der Waals surface area (Å²) in [5, 5.41) is 4.09. The van der Waals surface area contributed by atoms with Crippen LogP contribution in [0.1, 0.15) is 6.92 Å². The Morgan fingerprint density at radius 1 is 1.19 bits per heavy atom. The Kier molecular flexibility index (Phi) is 4.36. The van der Waals surface area contributed by atoms with Gasteiger partial charge in [0.05, 0.1) is 16.6 Å². The molecule has 5 heteroatoms. The summed E-state index contributed by atoms with van der Waals surface area (Å²) in [6.45, 7) is 7.21. The minimum absolute atomic E-state index is 0.150. The molecular weight excluding hydrogens is 286 g/mol. The fourth-order valence-corrected chi connectivity index (χ4v) is 3.51. The lowest BCUT2D eigenvalue weighted by atomic mass is 9.96. The number of carbonyl (C=O) groups is 1. The first-order valence-electron chi connectivity index (χ1n) is 7.66. The highest BCUT2D eigenvalue weighted by molar-refractivity contribution is 6.33. The van der Waals surface area contributed by atoms with Crippen molar-refractivity contribution in [2.45, 2.75) is 6.92 Å². The molecule has 0 aromatic heterocycles. The van der Waals surface area contributed by atoms with Gasteiger partial charge in [-0.1, -0.05) is 30.7 Å². The van der Waals surface area contributed by atoms with E-state index in [1.165, 1.54) is 0 Å². The predicted octanol–water partition coefficient (Wildman–Crippen LogP) is 1.84. The second-order valence-corrected chi connectivity index (χ2v) is 6.41. The van der Waals surface area contributed by atoms with Gasteiger partial charge >= 0.3 is 0 Å². The molecule has 1 N–H and O–H groups in total. The highest BCUT2D eigenvalue weighted by atomic mass is 35.5. The van der Waals surface area contributed by atoms with Crippen LogP contribution in [-0.2, 0) is 4.79 Å². The molecule has 0 aliphatic carbocycles. The molecular formula is C16H22ClN3O. The SMILES string of the molecule is CC1CNCC1C(=O)N1CCN(c2ccccc2Cl)CC1. The zero-order valence-electron chi connectivity index (χ0n) is 12.4. The third kappa shape index (κ3) is 3.01. The van der Waals surface area contributed by atoms with Crippen molar-refractivity contribution in [1.29, 1.82) is 0 Å². The van der Waals surface area contributed by atoms with Crippen molar-refractivity contribution >= 4 is 23.2 Å². The van der Waals surface area contributed by atoms with Crippen molar-refractivity contribution in [3.8, 4) is 0 Å². The van der Waals surface area contributed by atoms with E-state index in [4.69, 9.17) is 11.6 Å². The summed E-state index contributed by atoms with van der Waals surface area (Å²) >= 11 is 6.25. The van der Waals surface area contributed by atoms with Crippen molar-refractivity contribution in [2.24, 2.45) is 11.8 Å². The van der Waals surface area contributed by atoms with Gasteiger partial charge in [-0.05, 0) is 24.6 Å². The van der Waals surface area contributed by atoms with Crippen molar-refractivity contribution in [1.82, 2.24) is 10.2 Å². The van der Waals surface area contributed by atoms with Crippen LogP contribution in [-0.4, -0.2) is 50.1 Å². The molecule has 4 nitrogen and oxygen atoms in total. The smallest absolute Gasteiger partial charge is 0.227 e. The molecule has 2 aliphatic rings. The monoisotopic (exact) mass is 307 g/mol. The second-order valence-electron chi connectivity index (χ2n) is 6.01. The largest absolute Gasteiger partial charge is 0.367 e. The molecule has 21 heavy (non-hydrogen) atoms. The number of nitrogens with zero attached hydrogens (tertiary/aromatic N) is 2. The zero-order valence-corrected chi connectivity index (χ0v) is 13.1. The summed E-state index contributed by atoms with van der Waals surface area (Å²) in [6, 6.07) is 7.91. The molecule has 1 aromatic rings. The Labute approximate surface area is 131 Å². The van der Waals surface area contributed by atoms with Gasteiger partial charge in [0.1, 0.15) is 0 Å². The van der Waals surface area contributed by atoms with Gasteiger partial charge in [0.2, 0.25) is 5.91 Å². The topological polar surface area (TPSA) is 35.6 Å². The minimum atomic E-state index is 0.150. The summed E-state index contributed by atoms with van der Waals surface area (Å²) in [6.07, 6.45) is 0. The third-order valence-corrected chi connectivity index (χ3v) is 4.94. The number of piperazine rings is 1. The Balaban J connectivity index is 1.60. The van der Waals surface area contributed by atoms with E-state index in [0.29, 0.717) is 11.8 Å². The number of amides is 1. The molecule has 2 saturated heterocycles. The molecule has 2 atom stereocenters. The Hall–Kier alpha value is -1.26. The van der Waals surface area contributed by atoms with Crippen molar-refractivity contribution < 1.29 is 4.79 Å². The molecule has 0 saturated carbocycles. The summed E-state index contributed by atoms with van der Waals surface area (Å²) in [4.78, 5) is 16.8. The van der Waals surface area contributed by atoms with Gasteiger partial charge in [-0.3, -0.25) is 4.79 Å². The number of rotatable bonds is 2. The van der Waals surface area contributed by atoms with E-state index in [1.54, 1.807) is 0 Å². The van der Waals surface area contributed by atoms with E-state index in [9.17, 15) is 4.79 Å². The molecule has 1 amide bonds. The molecule has 114 valence electrons. The summed E-state index contributed by atoms with van der Waals surface area (Å²) in [5.41, 5.74) is 1.07. The Morgan fingerprint density at radius 2 is 1.90 bits per heavy atom. The lowest BCUT2D eigenvalue weighted by Gasteiger charge is -2.37. The van der Waals surface area contributed by atoms with Crippen molar-refractivity contribution in [3.05, 3.63) is 29.3 Å². The van der Waals surface area contributed by atoms with Gasteiger partial charge in [-0.15, -0.1) is 0 Å². The Morgan fingerprint density at radius 3 is 2.52 bits per heavy atom. The average Bonchev–Trinajstić information content (AvgIpc) is 2.93.